The Bertz CT molecular complexity index is 860. The summed E-state index contributed by atoms with van der Waals surface area (Å²) in [6.07, 6.45) is 2.06. The van der Waals surface area contributed by atoms with E-state index in [1.807, 2.05) is 53.9 Å². The first-order chi connectivity index (χ1) is 12.2. The van der Waals surface area contributed by atoms with Crippen molar-refractivity contribution in [3.05, 3.63) is 65.0 Å². The molecule has 1 amide bonds. The predicted molar refractivity (Wildman–Crippen MR) is 106 cm³/mol. The van der Waals surface area contributed by atoms with E-state index in [0.29, 0.717) is 10.7 Å². The van der Waals surface area contributed by atoms with Crippen molar-refractivity contribution < 1.29 is 9.53 Å². The molecule has 0 radical (unpaired) electrons. The van der Waals surface area contributed by atoms with Gasteiger partial charge < -0.3 is 4.74 Å². The van der Waals surface area contributed by atoms with E-state index in [1.54, 1.807) is 18.9 Å². The summed E-state index contributed by atoms with van der Waals surface area (Å²) in [6, 6.07) is 15.3. The number of benzene rings is 2. The molecule has 6 heteroatoms. The van der Waals surface area contributed by atoms with E-state index in [0.717, 1.165) is 22.8 Å². The molecule has 1 N–H and O–H groups in total. The van der Waals surface area contributed by atoms with Crippen LogP contribution >= 0.6 is 23.1 Å². The summed E-state index contributed by atoms with van der Waals surface area (Å²) in [5, 5.41) is 5.34. The lowest BCUT2D eigenvalue weighted by molar-refractivity contribution is 0.102. The van der Waals surface area contributed by atoms with Gasteiger partial charge in [0, 0.05) is 22.3 Å². The van der Waals surface area contributed by atoms with Crippen molar-refractivity contribution in [2.24, 2.45) is 0 Å². The van der Waals surface area contributed by atoms with Crippen LogP contribution in [0, 0.1) is 0 Å². The first kappa shape index (κ1) is 17.5. The third kappa shape index (κ3) is 4.21. The van der Waals surface area contributed by atoms with Gasteiger partial charge in [0.1, 0.15) is 5.75 Å². The Morgan fingerprint density at radius 1 is 1.20 bits per heavy atom. The highest BCUT2D eigenvalue weighted by Gasteiger charge is 2.12. The predicted octanol–water partition coefficient (Wildman–Crippen LogP) is 4.93. The molecule has 4 nitrogen and oxygen atoms in total. The number of hydrogen-bond donors (Lipinski definition) is 1. The van der Waals surface area contributed by atoms with Crippen LogP contribution in [0.5, 0.6) is 5.75 Å². The van der Waals surface area contributed by atoms with Gasteiger partial charge in [-0.1, -0.05) is 24.3 Å². The van der Waals surface area contributed by atoms with Crippen molar-refractivity contribution >= 4 is 34.1 Å². The monoisotopic (exact) mass is 370 g/mol. The molecule has 0 aliphatic carbocycles. The molecule has 128 valence electrons. The van der Waals surface area contributed by atoms with Crippen molar-refractivity contribution in [2.45, 2.75) is 5.75 Å². The molecule has 0 spiro atoms. The van der Waals surface area contributed by atoms with E-state index in [1.165, 1.54) is 16.9 Å². The van der Waals surface area contributed by atoms with Gasteiger partial charge in [0.25, 0.3) is 5.91 Å². The van der Waals surface area contributed by atoms with E-state index >= 15 is 0 Å². The van der Waals surface area contributed by atoms with E-state index < -0.39 is 0 Å². The third-order valence-corrected chi connectivity index (χ3v) is 5.01. The highest BCUT2D eigenvalue weighted by molar-refractivity contribution is 7.97. The Balaban J connectivity index is 1.73. The second kappa shape index (κ2) is 8.18. The van der Waals surface area contributed by atoms with Gasteiger partial charge in [-0.15, -0.1) is 11.3 Å². The van der Waals surface area contributed by atoms with Crippen LogP contribution in [0.15, 0.2) is 53.9 Å². The first-order valence-electron chi connectivity index (χ1n) is 7.69. The van der Waals surface area contributed by atoms with Crippen molar-refractivity contribution in [1.82, 2.24) is 4.98 Å². The van der Waals surface area contributed by atoms with Gasteiger partial charge >= 0.3 is 0 Å². The molecule has 0 aliphatic heterocycles. The number of rotatable bonds is 6. The first-order valence-corrected chi connectivity index (χ1v) is 9.96. The number of ether oxygens (including phenoxy) is 1. The Kier molecular flexibility index (Phi) is 5.73. The molecule has 0 atom stereocenters. The highest BCUT2D eigenvalue weighted by Crippen LogP contribution is 2.32. The van der Waals surface area contributed by atoms with Crippen molar-refractivity contribution in [3.63, 3.8) is 0 Å². The molecule has 0 unspecified atom stereocenters. The van der Waals surface area contributed by atoms with Gasteiger partial charge in [0.2, 0.25) is 0 Å². The summed E-state index contributed by atoms with van der Waals surface area (Å²) in [4.78, 5) is 16.9. The summed E-state index contributed by atoms with van der Waals surface area (Å²) in [7, 11) is 1.63. The van der Waals surface area contributed by atoms with Gasteiger partial charge in [0.15, 0.2) is 5.13 Å². The van der Waals surface area contributed by atoms with Crippen LogP contribution < -0.4 is 10.1 Å². The minimum Gasteiger partial charge on any atom is -0.496 e. The fourth-order valence-corrected chi connectivity index (χ4v) is 3.63. The maximum absolute atomic E-state index is 12.4. The molecule has 0 aliphatic rings. The molecule has 1 aromatic heterocycles. The summed E-state index contributed by atoms with van der Waals surface area (Å²) in [5.41, 5.74) is 3.52. The van der Waals surface area contributed by atoms with Gasteiger partial charge in [-0.05, 0) is 36.1 Å². The average molecular weight is 370 g/mol. The van der Waals surface area contributed by atoms with Gasteiger partial charge in [-0.3, -0.25) is 10.1 Å². The number of amides is 1. The van der Waals surface area contributed by atoms with Crippen LogP contribution in [0.25, 0.3) is 11.3 Å². The molecular weight excluding hydrogens is 352 g/mol. The molecule has 0 saturated heterocycles. The van der Waals surface area contributed by atoms with Gasteiger partial charge in [-0.25, -0.2) is 4.98 Å². The van der Waals surface area contributed by atoms with Crippen LogP contribution in [0.3, 0.4) is 0 Å². The molecule has 2 aromatic carbocycles. The number of nitrogens with one attached hydrogen (secondary N) is 1. The number of hydrogen-bond acceptors (Lipinski definition) is 5. The van der Waals surface area contributed by atoms with Crippen LogP contribution in [0.4, 0.5) is 5.13 Å². The van der Waals surface area contributed by atoms with Crippen molar-refractivity contribution in [1.29, 1.82) is 0 Å². The SMILES string of the molecule is COc1ccccc1-c1csc(NC(=O)c2ccc(CSC)cc2)n1. The van der Waals surface area contributed by atoms with Crippen molar-refractivity contribution in [3.8, 4) is 17.0 Å². The zero-order valence-corrected chi connectivity index (χ0v) is 15.6. The maximum Gasteiger partial charge on any atom is 0.257 e. The largest absolute Gasteiger partial charge is 0.496 e. The standard InChI is InChI=1S/C19H18N2O2S2/c1-23-17-6-4-3-5-15(17)16-12-25-19(20-16)21-18(22)14-9-7-13(8-10-14)11-24-2/h3-10,12H,11H2,1-2H3,(H,20,21,22). The van der Waals surface area contributed by atoms with E-state index in [4.69, 9.17) is 4.74 Å². The number of para-hydroxylation sites is 1. The summed E-state index contributed by atoms with van der Waals surface area (Å²) in [6.45, 7) is 0. The lowest BCUT2D eigenvalue weighted by atomic mass is 10.1. The van der Waals surface area contributed by atoms with Crippen molar-refractivity contribution in [2.75, 3.05) is 18.7 Å². The lowest BCUT2D eigenvalue weighted by Crippen LogP contribution is -2.11. The quantitative estimate of drug-likeness (QED) is 0.668. The Morgan fingerprint density at radius 3 is 2.68 bits per heavy atom. The number of thiazole rings is 1. The number of carbonyl (C=O) groups excluding carboxylic acids is 1. The Labute approximate surface area is 155 Å². The fraction of sp³-hybridized carbons (Fsp3) is 0.158. The summed E-state index contributed by atoms with van der Waals surface area (Å²) in [5.74, 6) is 1.54. The minimum absolute atomic E-state index is 0.156. The van der Waals surface area contributed by atoms with Gasteiger partial charge in [-0.2, -0.15) is 11.8 Å². The van der Waals surface area contributed by atoms with Crippen LogP contribution in [-0.2, 0) is 5.75 Å². The number of thioether (sulfide) groups is 1. The fourth-order valence-electron chi connectivity index (χ4n) is 2.40. The molecule has 25 heavy (non-hydrogen) atoms. The normalized spacial score (nSPS) is 10.5. The highest BCUT2D eigenvalue weighted by atomic mass is 32.2. The van der Waals surface area contributed by atoms with E-state index in [9.17, 15) is 4.79 Å². The number of nitrogens with zero attached hydrogens (tertiary/aromatic N) is 1. The zero-order chi connectivity index (χ0) is 17.6. The van der Waals surface area contributed by atoms with Gasteiger partial charge in [0.05, 0.1) is 12.8 Å². The maximum atomic E-state index is 12.4. The summed E-state index contributed by atoms with van der Waals surface area (Å²) >= 11 is 3.15. The molecule has 3 aromatic rings. The second-order valence-electron chi connectivity index (χ2n) is 5.32. The molecule has 0 fully saturated rings. The molecule has 3 rings (SSSR count). The molecule has 1 heterocycles. The average Bonchev–Trinajstić information content (AvgIpc) is 3.11. The number of anilines is 1. The summed E-state index contributed by atoms with van der Waals surface area (Å²) < 4.78 is 5.37. The number of methoxy groups -OCH3 is 1. The zero-order valence-electron chi connectivity index (χ0n) is 14.0. The number of carbonyl (C=O) groups is 1. The van der Waals surface area contributed by atoms with Crippen LogP contribution in [0.1, 0.15) is 15.9 Å². The molecule has 0 saturated carbocycles. The van der Waals surface area contributed by atoms with E-state index in [-0.39, 0.29) is 5.91 Å². The van der Waals surface area contributed by atoms with E-state index in [2.05, 4.69) is 16.6 Å². The second-order valence-corrected chi connectivity index (χ2v) is 7.05. The Morgan fingerprint density at radius 2 is 1.96 bits per heavy atom. The number of aromatic nitrogens is 1. The van der Waals surface area contributed by atoms with Crippen LogP contribution in [-0.4, -0.2) is 24.3 Å². The third-order valence-electron chi connectivity index (χ3n) is 3.63. The van der Waals surface area contributed by atoms with Crippen LogP contribution in [0.2, 0.25) is 0 Å². The minimum atomic E-state index is -0.156. The Hall–Kier alpha value is -2.31. The molecule has 0 bridgehead atoms. The smallest absolute Gasteiger partial charge is 0.257 e. The topological polar surface area (TPSA) is 51.2 Å². The molecular formula is C19H18N2O2S2. The lowest BCUT2D eigenvalue weighted by Gasteiger charge is -2.05.